The Labute approximate surface area is 163 Å². The molecule has 0 amide bonds. The molecule has 0 unspecified atom stereocenters. The van der Waals surface area contributed by atoms with E-state index in [-0.39, 0.29) is 11.0 Å². The first-order chi connectivity index (χ1) is 13.1. The van der Waals surface area contributed by atoms with Crippen molar-refractivity contribution in [3.05, 3.63) is 54.4 Å². The summed E-state index contributed by atoms with van der Waals surface area (Å²) in [4.78, 5) is 16.8. The number of Topliss-reactive ketones (excluding diaryl/α,β-unsaturated/α-hetero) is 1. The second-order valence-electron chi connectivity index (χ2n) is 6.05. The Morgan fingerprint density at radius 3 is 2.48 bits per heavy atom. The van der Waals surface area contributed by atoms with E-state index in [4.69, 9.17) is 4.74 Å². The third-order valence-corrected chi connectivity index (χ3v) is 5.21. The number of aromatic nitrogens is 4. The van der Waals surface area contributed by atoms with E-state index in [1.54, 1.807) is 43.8 Å². The van der Waals surface area contributed by atoms with Gasteiger partial charge < -0.3 is 9.30 Å². The molecule has 3 aromatic rings. The third kappa shape index (κ3) is 4.36. The molecule has 1 aromatic carbocycles. The van der Waals surface area contributed by atoms with Gasteiger partial charge in [0.2, 0.25) is 0 Å². The number of carbonyl (C=O) groups is 1. The maximum absolute atomic E-state index is 12.8. The molecule has 6 nitrogen and oxygen atoms in total. The molecule has 0 aliphatic carbocycles. The first-order valence-corrected chi connectivity index (χ1v) is 9.70. The van der Waals surface area contributed by atoms with Gasteiger partial charge in [-0.3, -0.25) is 9.78 Å². The molecule has 0 aliphatic heterocycles. The number of hydrogen-bond acceptors (Lipinski definition) is 6. The number of thioether (sulfide) groups is 1. The summed E-state index contributed by atoms with van der Waals surface area (Å²) in [6, 6.07) is 11.0. The van der Waals surface area contributed by atoms with Crippen molar-refractivity contribution in [3.8, 4) is 17.1 Å². The highest BCUT2D eigenvalue weighted by Crippen LogP contribution is 2.28. The lowest BCUT2D eigenvalue weighted by atomic mass is 10.1. The summed E-state index contributed by atoms with van der Waals surface area (Å²) in [5.74, 6) is 1.58. The molecule has 7 heteroatoms. The minimum Gasteiger partial charge on any atom is -0.497 e. The Hall–Kier alpha value is -2.67. The van der Waals surface area contributed by atoms with Gasteiger partial charge in [-0.25, -0.2) is 0 Å². The van der Waals surface area contributed by atoms with Gasteiger partial charge in [0.05, 0.1) is 12.4 Å². The SMILES string of the molecule is CCCn1c(S[C@@H](C)C(=O)c2ccc(OC)cc2)nnc1-c1ccncc1. The number of methoxy groups -OCH3 is 1. The van der Waals surface area contributed by atoms with Crippen LogP contribution in [0.25, 0.3) is 11.4 Å². The number of hydrogen-bond donors (Lipinski definition) is 0. The Balaban J connectivity index is 1.81. The van der Waals surface area contributed by atoms with Crippen LogP contribution in [0.4, 0.5) is 0 Å². The van der Waals surface area contributed by atoms with Crippen LogP contribution in [0.15, 0.2) is 53.9 Å². The van der Waals surface area contributed by atoms with Crippen molar-refractivity contribution in [1.29, 1.82) is 0 Å². The average molecular weight is 382 g/mol. The van der Waals surface area contributed by atoms with Crippen molar-refractivity contribution in [3.63, 3.8) is 0 Å². The molecule has 0 bridgehead atoms. The number of rotatable bonds is 8. The smallest absolute Gasteiger partial charge is 0.192 e. The van der Waals surface area contributed by atoms with Crippen molar-refractivity contribution in [1.82, 2.24) is 19.7 Å². The number of ether oxygens (including phenoxy) is 1. The standard InChI is InChI=1S/C20H22N4O2S/c1-4-13-24-19(16-9-11-21-12-10-16)22-23-20(24)27-14(2)18(25)15-5-7-17(26-3)8-6-15/h5-12,14H,4,13H2,1-3H3/t14-/m0/s1. The zero-order valence-electron chi connectivity index (χ0n) is 15.6. The van der Waals surface area contributed by atoms with Crippen LogP contribution in [0.2, 0.25) is 0 Å². The molecule has 27 heavy (non-hydrogen) atoms. The van der Waals surface area contributed by atoms with Crippen LogP contribution in [0.1, 0.15) is 30.6 Å². The minimum absolute atomic E-state index is 0.0548. The summed E-state index contributed by atoms with van der Waals surface area (Å²) in [5.41, 5.74) is 1.62. The molecule has 0 radical (unpaired) electrons. The van der Waals surface area contributed by atoms with Gasteiger partial charge >= 0.3 is 0 Å². The van der Waals surface area contributed by atoms with Crippen molar-refractivity contribution >= 4 is 17.5 Å². The van der Waals surface area contributed by atoms with Crippen LogP contribution in [-0.2, 0) is 6.54 Å². The van der Waals surface area contributed by atoms with Crippen LogP contribution in [0.5, 0.6) is 5.75 Å². The summed E-state index contributed by atoms with van der Waals surface area (Å²) in [7, 11) is 1.61. The van der Waals surface area contributed by atoms with Crippen molar-refractivity contribution < 1.29 is 9.53 Å². The van der Waals surface area contributed by atoms with Crippen LogP contribution in [-0.4, -0.2) is 37.9 Å². The molecule has 2 heterocycles. The number of carbonyl (C=O) groups excluding carboxylic acids is 1. The first kappa shape index (κ1) is 19.1. The number of nitrogens with zero attached hydrogens (tertiary/aromatic N) is 4. The van der Waals surface area contributed by atoms with Crippen LogP contribution < -0.4 is 4.74 Å². The minimum atomic E-state index is -0.275. The predicted molar refractivity (Wildman–Crippen MR) is 106 cm³/mol. The molecule has 0 fully saturated rings. The Morgan fingerprint density at radius 1 is 1.15 bits per heavy atom. The van der Waals surface area contributed by atoms with Crippen LogP contribution in [0, 0.1) is 0 Å². The Bertz CT molecular complexity index is 894. The fourth-order valence-corrected chi connectivity index (χ4v) is 3.67. The number of benzene rings is 1. The van der Waals surface area contributed by atoms with E-state index in [2.05, 4.69) is 26.7 Å². The van der Waals surface area contributed by atoms with E-state index < -0.39 is 0 Å². The summed E-state index contributed by atoms with van der Waals surface area (Å²) in [5, 5.41) is 9.16. The van der Waals surface area contributed by atoms with Gasteiger partial charge in [-0.2, -0.15) is 0 Å². The average Bonchev–Trinajstić information content (AvgIpc) is 3.10. The van der Waals surface area contributed by atoms with Crippen molar-refractivity contribution in [2.24, 2.45) is 0 Å². The van der Waals surface area contributed by atoms with E-state index in [1.165, 1.54) is 11.8 Å². The summed E-state index contributed by atoms with van der Waals surface area (Å²) in [6.07, 6.45) is 4.43. The third-order valence-electron chi connectivity index (χ3n) is 4.13. The largest absolute Gasteiger partial charge is 0.497 e. The summed E-state index contributed by atoms with van der Waals surface area (Å²) >= 11 is 1.43. The lowest BCUT2D eigenvalue weighted by Crippen LogP contribution is -2.15. The fourth-order valence-electron chi connectivity index (χ4n) is 2.72. The zero-order chi connectivity index (χ0) is 19.2. The quantitative estimate of drug-likeness (QED) is 0.431. The van der Waals surface area contributed by atoms with Gasteiger partial charge in [0.15, 0.2) is 16.8 Å². The molecule has 0 aliphatic rings. The molecular weight excluding hydrogens is 360 g/mol. The molecule has 1 atom stereocenters. The molecule has 140 valence electrons. The molecule has 2 aromatic heterocycles. The summed E-state index contributed by atoms with van der Waals surface area (Å²) in [6.45, 7) is 4.79. The monoisotopic (exact) mass is 382 g/mol. The highest BCUT2D eigenvalue weighted by Gasteiger charge is 2.21. The molecule has 0 N–H and O–H groups in total. The number of ketones is 1. The van der Waals surface area contributed by atoms with E-state index in [9.17, 15) is 4.79 Å². The fraction of sp³-hybridized carbons (Fsp3) is 0.300. The molecule has 0 saturated carbocycles. The molecule has 3 rings (SSSR count). The van der Waals surface area contributed by atoms with Gasteiger partial charge in [0.1, 0.15) is 5.75 Å². The highest BCUT2D eigenvalue weighted by molar-refractivity contribution is 8.00. The van der Waals surface area contributed by atoms with E-state index in [1.807, 2.05) is 19.1 Å². The van der Waals surface area contributed by atoms with E-state index >= 15 is 0 Å². The van der Waals surface area contributed by atoms with Crippen molar-refractivity contribution in [2.45, 2.75) is 37.2 Å². The Kier molecular flexibility index (Phi) is 6.24. The number of pyridine rings is 1. The van der Waals surface area contributed by atoms with Gasteiger partial charge in [0.25, 0.3) is 0 Å². The van der Waals surface area contributed by atoms with Gasteiger partial charge in [-0.05, 0) is 49.7 Å². The second kappa shape index (κ2) is 8.81. The van der Waals surface area contributed by atoms with E-state index in [0.29, 0.717) is 5.56 Å². The highest BCUT2D eigenvalue weighted by atomic mass is 32.2. The van der Waals surface area contributed by atoms with Crippen LogP contribution in [0.3, 0.4) is 0 Å². The zero-order valence-corrected chi connectivity index (χ0v) is 16.4. The van der Waals surface area contributed by atoms with Gasteiger partial charge in [-0.1, -0.05) is 18.7 Å². The maximum atomic E-state index is 12.8. The van der Waals surface area contributed by atoms with E-state index in [0.717, 1.165) is 35.3 Å². The topological polar surface area (TPSA) is 69.9 Å². The predicted octanol–water partition coefficient (Wildman–Crippen LogP) is 4.12. The normalized spacial score (nSPS) is 12.0. The van der Waals surface area contributed by atoms with Gasteiger partial charge in [-0.15, -0.1) is 10.2 Å². The van der Waals surface area contributed by atoms with Crippen LogP contribution >= 0.6 is 11.8 Å². The summed E-state index contributed by atoms with van der Waals surface area (Å²) < 4.78 is 7.22. The van der Waals surface area contributed by atoms with Crippen molar-refractivity contribution in [2.75, 3.05) is 7.11 Å². The lowest BCUT2D eigenvalue weighted by Gasteiger charge is -2.12. The van der Waals surface area contributed by atoms with Gasteiger partial charge in [0, 0.05) is 30.1 Å². The Morgan fingerprint density at radius 2 is 1.85 bits per heavy atom. The second-order valence-corrected chi connectivity index (χ2v) is 7.35. The first-order valence-electron chi connectivity index (χ1n) is 8.82. The maximum Gasteiger partial charge on any atom is 0.192 e. The molecule has 0 saturated heterocycles. The molecule has 0 spiro atoms. The molecular formula is C20H22N4O2S. The lowest BCUT2D eigenvalue weighted by molar-refractivity contribution is 0.0994.